The van der Waals surface area contributed by atoms with E-state index in [0.717, 1.165) is 16.5 Å². The summed E-state index contributed by atoms with van der Waals surface area (Å²) in [5.41, 5.74) is 2.70. The zero-order valence-corrected chi connectivity index (χ0v) is 12.6. The number of nitrogens with zero attached hydrogens (tertiary/aromatic N) is 1. The fourth-order valence-electron chi connectivity index (χ4n) is 2.32. The standard InChI is InChI=1S/C17H16N4O2/c1-18-16(22)12-8-6-11(7-9-12)10-19-17(23)15-13-4-2-3-5-14(13)20-21-15/h2-9H,10H2,1H3,(H,18,22)(H,19,23)(H,20,21). The molecule has 0 aliphatic rings. The Bertz CT molecular complexity index is 852. The van der Waals surface area contributed by atoms with Gasteiger partial charge < -0.3 is 10.6 Å². The number of rotatable bonds is 4. The molecule has 23 heavy (non-hydrogen) atoms. The molecule has 2 amide bonds. The molecule has 3 rings (SSSR count). The molecule has 0 spiro atoms. The van der Waals surface area contributed by atoms with E-state index in [1.807, 2.05) is 36.4 Å². The van der Waals surface area contributed by atoms with Crippen LogP contribution < -0.4 is 10.6 Å². The molecule has 0 bridgehead atoms. The van der Waals surface area contributed by atoms with Gasteiger partial charge in [-0.25, -0.2) is 0 Å². The van der Waals surface area contributed by atoms with Crippen molar-refractivity contribution in [1.82, 2.24) is 20.8 Å². The van der Waals surface area contributed by atoms with E-state index in [4.69, 9.17) is 0 Å². The van der Waals surface area contributed by atoms with Crippen LogP contribution in [0.15, 0.2) is 48.5 Å². The summed E-state index contributed by atoms with van der Waals surface area (Å²) in [6.45, 7) is 0.369. The normalized spacial score (nSPS) is 10.5. The summed E-state index contributed by atoms with van der Waals surface area (Å²) in [5.74, 6) is -0.374. The number of benzene rings is 2. The Balaban J connectivity index is 1.68. The van der Waals surface area contributed by atoms with Crippen molar-refractivity contribution in [3.8, 4) is 0 Å². The molecule has 0 saturated carbocycles. The quantitative estimate of drug-likeness (QED) is 0.687. The number of aromatic amines is 1. The van der Waals surface area contributed by atoms with Crippen LogP contribution in [0.1, 0.15) is 26.4 Å². The minimum atomic E-state index is -0.238. The second-order valence-electron chi connectivity index (χ2n) is 5.08. The minimum absolute atomic E-state index is 0.136. The van der Waals surface area contributed by atoms with E-state index in [0.29, 0.717) is 17.8 Å². The summed E-state index contributed by atoms with van der Waals surface area (Å²) >= 11 is 0. The van der Waals surface area contributed by atoms with Gasteiger partial charge in [0.1, 0.15) is 0 Å². The average Bonchev–Trinajstić information content (AvgIpc) is 3.03. The second kappa shape index (κ2) is 6.31. The lowest BCUT2D eigenvalue weighted by molar-refractivity contribution is 0.0943. The fourth-order valence-corrected chi connectivity index (χ4v) is 2.32. The molecule has 1 aromatic heterocycles. The van der Waals surface area contributed by atoms with Gasteiger partial charge >= 0.3 is 0 Å². The lowest BCUT2D eigenvalue weighted by Crippen LogP contribution is -2.23. The molecule has 0 unspecified atom stereocenters. The van der Waals surface area contributed by atoms with Crippen LogP contribution in [0.25, 0.3) is 10.9 Å². The number of aromatic nitrogens is 2. The third-order valence-corrected chi connectivity index (χ3v) is 3.58. The van der Waals surface area contributed by atoms with E-state index in [1.165, 1.54) is 0 Å². The fraction of sp³-hybridized carbons (Fsp3) is 0.118. The second-order valence-corrected chi connectivity index (χ2v) is 5.08. The Morgan fingerprint density at radius 2 is 1.78 bits per heavy atom. The van der Waals surface area contributed by atoms with Gasteiger partial charge in [-0.1, -0.05) is 30.3 Å². The topological polar surface area (TPSA) is 86.9 Å². The Labute approximate surface area is 132 Å². The van der Waals surface area contributed by atoms with Gasteiger partial charge in [-0.2, -0.15) is 5.10 Å². The average molecular weight is 308 g/mol. The highest BCUT2D eigenvalue weighted by molar-refractivity contribution is 6.04. The van der Waals surface area contributed by atoms with E-state index in [9.17, 15) is 9.59 Å². The molecular weight excluding hydrogens is 292 g/mol. The van der Waals surface area contributed by atoms with Crippen molar-refractivity contribution < 1.29 is 9.59 Å². The number of carbonyl (C=O) groups is 2. The Morgan fingerprint density at radius 1 is 1.04 bits per heavy atom. The van der Waals surface area contributed by atoms with Crippen molar-refractivity contribution in [2.45, 2.75) is 6.54 Å². The lowest BCUT2D eigenvalue weighted by atomic mass is 10.1. The van der Waals surface area contributed by atoms with Crippen molar-refractivity contribution >= 4 is 22.7 Å². The number of hydrogen-bond donors (Lipinski definition) is 3. The number of carbonyl (C=O) groups excluding carboxylic acids is 2. The van der Waals surface area contributed by atoms with Crippen LogP contribution in [0.2, 0.25) is 0 Å². The highest BCUT2D eigenvalue weighted by atomic mass is 16.2. The van der Waals surface area contributed by atoms with Gasteiger partial charge in [0.15, 0.2) is 5.69 Å². The van der Waals surface area contributed by atoms with Crippen molar-refractivity contribution in [3.63, 3.8) is 0 Å². The van der Waals surface area contributed by atoms with E-state index in [2.05, 4.69) is 20.8 Å². The summed E-state index contributed by atoms with van der Waals surface area (Å²) in [7, 11) is 1.59. The summed E-state index contributed by atoms with van der Waals surface area (Å²) in [6, 6.07) is 14.6. The predicted molar refractivity (Wildman–Crippen MR) is 87.1 cm³/mol. The number of hydrogen-bond acceptors (Lipinski definition) is 3. The van der Waals surface area contributed by atoms with Gasteiger partial charge in [-0.05, 0) is 23.8 Å². The van der Waals surface area contributed by atoms with Crippen LogP contribution in [-0.2, 0) is 6.54 Å². The molecule has 3 N–H and O–H groups in total. The summed E-state index contributed by atoms with van der Waals surface area (Å²) in [4.78, 5) is 23.7. The first-order valence-electron chi connectivity index (χ1n) is 7.21. The molecule has 0 fully saturated rings. The molecule has 0 radical (unpaired) electrons. The highest BCUT2D eigenvalue weighted by Gasteiger charge is 2.13. The summed E-state index contributed by atoms with van der Waals surface area (Å²) in [6.07, 6.45) is 0. The SMILES string of the molecule is CNC(=O)c1ccc(CNC(=O)c2n[nH]c3ccccc23)cc1. The first-order valence-corrected chi connectivity index (χ1v) is 7.21. The van der Waals surface area contributed by atoms with E-state index in [-0.39, 0.29) is 11.8 Å². The molecule has 0 atom stereocenters. The molecule has 3 aromatic rings. The monoisotopic (exact) mass is 308 g/mol. The van der Waals surface area contributed by atoms with Crippen LogP contribution in [0, 0.1) is 0 Å². The first-order chi connectivity index (χ1) is 11.2. The number of para-hydroxylation sites is 1. The maximum Gasteiger partial charge on any atom is 0.272 e. The van der Waals surface area contributed by atoms with Gasteiger partial charge in [0, 0.05) is 24.5 Å². The highest BCUT2D eigenvalue weighted by Crippen LogP contribution is 2.15. The van der Waals surface area contributed by atoms with Crippen molar-refractivity contribution in [2.75, 3.05) is 7.05 Å². The summed E-state index contributed by atoms with van der Waals surface area (Å²) < 4.78 is 0. The molecular formula is C17H16N4O2. The van der Waals surface area contributed by atoms with Crippen molar-refractivity contribution in [1.29, 1.82) is 0 Å². The van der Waals surface area contributed by atoms with Crippen LogP contribution in [0.5, 0.6) is 0 Å². The number of H-pyrrole nitrogens is 1. The molecule has 0 aliphatic carbocycles. The first kappa shape index (κ1) is 14.8. The van der Waals surface area contributed by atoms with Crippen molar-refractivity contribution in [3.05, 3.63) is 65.4 Å². The third kappa shape index (κ3) is 3.06. The zero-order chi connectivity index (χ0) is 16.2. The van der Waals surface area contributed by atoms with Gasteiger partial charge in [0.25, 0.3) is 11.8 Å². The van der Waals surface area contributed by atoms with Gasteiger partial charge in [-0.3, -0.25) is 14.7 Å². The number of fused-ring (bicyclic) bond motifs is 1. The third-order valence-electron chi connectivity index (χ3n) is 3.58. The Kier molecular flexibility index (Phi) is 4.05. The van der Waals surface area contributed by atoms with Crippen LogP contribution in [-0.4, -0.2) is 29.1 Å². The van der Waals surface area contributed by atoms with Gasteiger partial charge in [-0.15, -0.1) is 0 Å². The van der Waals surface area contributed by atoms with Gasteiger partial charge in [0.2, 0.25) is 0 Å². The van der Waals surface area contributed by atoms with Crippen LogP contribution >= 0.6 is 0 Å². The van der Waals surface area contributed by atoms with E-state index < -0.39 is 0 Å². The smallest absolute Gasteiger partial charge is 0.272 e. The molecule has 116 valence electrons. The lowest BCUT2D eigenvalue weighted by Gasteiger charge is -2.05. The minimum Gasteiger partial charge on any atom is -0.355 e. The number of amides is 2. The Hall–Kier alpha value is -3.15. The number of nitrogens with one attached hydrogen (secondary N) is 3. The largest absolute Gasteiger partial charge is 0.355 e. The molecule has 0 aliphatic heterocycles. The molecule has 6 nitrogen and oxygen atoms in total. The molecule has 1 heterocycles. The maximum absolute atomic E-state index is 12.3. The molecule has 6 heteroatoms. The molecule has 2 aromatic carbocycles. The van der Waals surface area contributed by atoms with E-state index >= 15 is 0 Å². The molecule has 0 saturated heterocycles. The zero-order valence-electron chi connectivity index (χ0n) is 12.6. The summed E-state index contributed by atoms with van der Waals surface area (Å²) in [5, 5.41) is 13.1. The maximum atomic E-state index is 12.3. The van der Waals surface area contributed by atoms with Crippen LogP contribution in [0.3, 0.4) is 0 Å². The van der Waals surface area contributed by atoms with E-state index in [1.54, 1.807) is 19.2 Å². The Morgan fingerprint density at radius 3 is 2.52 bits per heavy atom. The van der Waals surface area contributed by atoms with Crippen LogP contribution in [0.4, 0.5) is 0 Å². The van der Waals surface area contributed by atoms with Crippen molar-refractivity contribution in [2.24, 2.45) is 0 Å². The van der Waals surface area contributed by atoms with Gasteiger partial charge in [0.05, 0.1) is 5.52 Å². The predicted octanol–water partition coefficient (Wildman–Crippen LogP) is 1.85.